The Bertz CT molecular complexity index is 781. The molecule has 8 nitrogen and oxygen atoms in total. The van der Waals surface area contributed by atoms with Gasteiger partial charge in [0.2, 0.25) is 5.91 Å². The van der Waals surface area contributed by atoms with E-state index in [0.717, 1.165) is 24.6 Å². The third kappa shape index (κ3) is 3.57. The SMILES string of the molecule is CC[C@@H](C)NC(=O)Cn1cnc2nc(N3CCOCC3)sc2c1=O. The maximum Gasteiger partial charge on any atom is 0.273 e. The molecule has 0 saturated carbocycles. The fraction of sp³-hybridized carbons (Fsp3) is 0.600. The van der Waals surface area contributed by atoms with Crippen molar-refractivity contribution in [2.45, 2.75) is 32.9 Å². The van der Waals surface area contributed by atoms with Crippen molar-refractivity contribution >= 4 is 32.7 Å². The van der Waals surface area contributed by atoms with E-state index in [1.165, 1.54) is 22.2 Å². The van der Waals surface area contributed by atoms with E-state index in [1.54, 1.807) is 0 Å². The molecule has 1 fully saturated rings. The minimum absolute atomic E-state index is 0.0309. The van der Waals surface area contributed by atoms with Gasteiger partial charge in [-0.3, -0.25) is 14.2 Å². The number of amides is 1. The van der Waals surface area contributed by atoms with Gasteiger partial charge in [-0.05, 0) is 13.3 Å². The van der Waals surface area contributed by atoms with Crippen LogP contribution in [0.3, 0.4) is 0 Å². The summed E-state index contributed by atoms with van der Waals surface area (Å²) in [6.45, 7) is 6.72. The maximum atomic E-state index is 12.6. The highest BCUT2D eigenvalue weighted by Gasteiger charge is 2.18. The maximum absolute atomic E-state index is 12.6. The summed E-state index contributed by atoms with van der Waals surface area (Å²) in [6, 6.07) is 0.0845. The molecule has 1 aliphatic rings. The number of hydrogen-bond acceptors (Lipinski definition) is 7. The van der Waals surface area contributed by atoms with E-state index in [9.17, 15) is 9.59 Å². The Balaban J connectivity index is 1.82. The largest absolute Gasteiger partial charge is 0.378 e. The van der Waals surface area contributed by atoms with Crippen LogP contribution in [0.4, 0.5) is 5.13 Å². The summed E-state index contributed by atoms with van der Waals surface area (Å²) in [4.78, 5) is 35.3. The van der Waals surface area contributed by atoms with Gasteiger partial charge >= 0.3 is 0 Å². The molecule has 1 atom stereocenters. The number of fused-ring (bicyclic) bond motifs is 1. The van der Waals surface area contributed by atoms with Crippen LogP contribution in [-0.4, -0.2) is 52.8 Å². The van der Waals surface area contributed by atoms with Gasteiger partial charge in [0.05, 0.1) is 13.2 Å². The molecule has 2 aromatic heterocycles. The van der Waals surface area contributed by atoms with Crippen LogP contribution in [0.5, 0.6) is 0 Å². The highest BCUT2D eigenvalue weighted by Crippen LogP contribution is 2.25. The highest BCUT2D eigenvalue weighted by atomic mass is 32.1. The van der Waals surface area contributed by atoms with Gasteiger partial charge in [0.15, 0.2) is 10.8 Å². The topological polar surface area (TPSA) is 89.3 Å². The molecule has 0 aliphatic carbocycles. The summed E-state index contributed by atoms with van der Waals surface area (Å²) in [7, 11) is 0. The standard InChI is InChI=1S/C15H21N5O3S/c1-3-10(2)17-11(21)8-20-9-16-13-12(14(20)22)24-15(18-13)19-4-6-23-7-5-19/h9-10H,3-8H2,1-2H3,(H,17,21)/t10-/m1/s1. The summed E-state index contributed by atoms with van der Waals surface area (Å²) in [5.41, 5.74) is 0.210. The van der Waals surface area contributed by atoms with Crippen LogP contribution in [0.25, 0.3) is 10.3 Å². The van der Waals surface area contributed by atoms with Gasteiger partial charge < -0.3 is 15.0 Å². The molecular weight excluding hydrogens is 330 g/mol. The van der Waals surface area contributed by atoms with Crippen LogP contribution in [-0.2, 0) is 16.1 Å². The first-order chi connectivity index (χ1) is 11.6. The molecule has 0 unspecified atom stereocenters. The third-order valence-electron chi connectivity index (χ3n) is 3.99. The number of nitrogens with one attached hydrogen (secondary N) is 1. The van der Waals surface area contributed by atoms with E-state index < -0.39 is 0 Å². The van der Waals surface area contributed by atoms with Crippen LogP contribution in [0.1, 0.15) is 20.3 Å². The summed E-state index contributed by atoms with van der Waals surface area (Å²) < 4.78 is 7.15. The van der Waals surface area contributed by atoms with Gasteiger partial charge in [-0.1, -0.05) is 18.3 Å². The molecule has 0 radical (unpaired) electrons. The zero-order valence-electron chi connectivity index (χ0n) is 13.8. The monoisotopic (exact) mass is 351 g/mol. The second kappa shape index (κ2) is 7.27. The van der Waals surface area contributed by atoms with Crippen molar-refractivity contribution in [3.05, 3.63) is 16.7 Å². The Hall–Kier alpha value is -2.00. The normalized spacial score (nSPS) is 16.3. The predicted molar refractivity (Wildman–Crippen MR) is 92.6 cm³/mol. The molecule has 2 aromatic rings. The van der Waals surface area contributed by atoms with E-state index in [4.69, 9.17) is 4.74 Å². The quantitative estimate of drug-likeness (QED) is 0.849. The Kier molecular flexibility index (Phi) is 5.10. The number of ether oxygens (including phenoxy) is 1. The number of hydrogen-bond donors (Lipinski definition) is 1. The third-order valence-corrected chi connectivity index (χ3v) is 5.08. The highest BCUT2D eigenvalue weighted by molar-refractivity contribution is 7.22. The van der Waals surface area contributed by atoms with Gasteiger partial charge in [0.25, 0.3) is 5.56 Å². The minimum Gasteiger partial charge on any atom is -0.378 e. The molecule has 1 saturated heterocycles. The molecule has 9 heteroatoms. The predicted octanol–water partition coefficient (Wildman–Crippen LogP) is 0.604. The van der Waals surface area contributed by atoms with E-state index in [0.29, 0.717) is 23.6 Å². The summed E-state index contributed by atoms with van der Waals surface area (Å²) in [6.07, 6.45) is 2.24. The number of nitrogens with zero attached hydrogens (tertiary/aromatic N) is 4. The van der Waals surface area contributed by atoms with Crippen LogP contribution in [0.2, 0.25) is 0 Å². The summed E-state index contributed by atoms with van der Waals surface area (Å²) >= 11 is 1.32. The van der Waals surface area contributed by atoms with Crippen LogP contribution < -0.4 is 15.8 Å². The molecule has 1 aliphatic heterocycles. The van der Waals surface area contributed by atoms with E-state index in [1.807, 2.05) is 13.8 Å². The molecule has 0 spiro atoms. The lowest BCUT2D eigenvalue weighted by Gasteiger charge is -2.25. The Morgan fingerprint density at radius 2 is 2.21 bits per heavy atom. The second-order valence-corrected chi connectivity index (χ2v) is 6.78. The van der Waals surface area contributed by atoms with Gasteiger partial charge in [-0.15, -0.1) is 0 Å². The number of aromatic nitrogens is 3. The first-order valence-corrected chi connectivity index (χ1v) is 8.88. The van der Waals surface area contributed by atoms with E-state index in [2.05, 4.69) is 20.2 Å². The fourth-order valence-corrected chi connectivity index (χ4v) is 3.44. The molecule has 3 heterocycles. The van der Waals surface area contributed by atoms with E-state index >= 15 is 0 Å². The number of carbonyl (C=O) groups excluding carboxylic acids is 1. The van der Waals surface area contributed by atoms with E-state index in [-0.39, 0.29) is 24.1 Å². The van der Waals surface area contributed by atoms with Crippen molar-refractivity contribution in [1.29, 1.82) is 0 Å². The van der Waals surface area contributed by atoms with Gasteiger partial charge in [0.1, 0.15) is 17.6 Å². The number of morpholine rings is 1. The molecule has 24 heavy (non-hydrogen) atoms. The molecule has 3 rings (SSSR count). The lowest BCUT2D eigenvalue weighted by Crippen LogP contribution is -2.37. The van der Waals surface area contributed by atoms with Crippen LogP contribution in [0, 0.1) is 0 Å². The van der Waals surface area contributed by atoms with Crippen molar-refractivity contribution in [1.82, 2.24) is 19.9 Å². The van der Waals surface area contributed by atoms with Gasteiger partial charge in [-0.2, -0.15) is 4.98 Å². The summed E-state index contributed by atoms with van der Waals surface area (Å²) in [5.74, 6) is -0.189. The van der Waals surface area contributed by atoms with Crippen molar-refractivity contribution in [3.8, 4) is 0 Å². The molecule has 0 bridgehead atoms. The van der Waals surface area contributed by atoms with Gasteiger partial charge in [-0.25, -0.2) is 4.98 Å². The number of thiazole rings is 1. The number of rotatable bonds is 5. The first-order valence-electron chi connectivity index (χ1n) is 8.06. The van der Waals surface area contributed by atoms with Crippen LogP contribution in [0.15, 0.2) is 11.1 Å². The number of anilines is 1. The van der Waals surface area contributed by atoms with Crippen LogP contribution >= 0.6 is 11.3 Å². The molecule has 1 amide bonds. The Morgan fingerprint density at radius 3 is 2.92 bits per heavy atom. The van der Waals surface area contributed by atoms with Gasteiger partial charge in [0, 0.05) is 19.1 Å². The Morgan fingerprint density at radius 1 is 1.46 bits per heavy atom. The fourth-order valence-electron chi connectivity index (χ4n) is 2.41. The van der Waals surface area contributed by atoms with Crippen molar-refractivity contribution in [2.24, 2.45) is 0 Å². The zero-order chi connectivity index (χ0) is 17.1. The molecule has 130 valence electrons. The first kappa shape index (κ1) is 16.8. The zero-order valence-corrected chi connectivity index (χ0v) is 14.6. The summed E-state index contributed by atoms with van der Waals surface area (Å²) in [5, 5.41) is 3.63. The average Bonchev–Trinajstić information content (AvgIpc) is 3.03. The molecule has 0 aromatic carbocycles. The average molecular weight is 351 g/mol. The second-order valence-electron chi connectivity index (χ2n) is 5.80. The lowest BCUT2D eigenvalue weighted by atomic mass is 10.2. The van der Waals surface area contributed by atoms with Crippen molar-refractivity contribution < 1.29 is 9.53 Å². The molecular formula is C15H21N5O3S. The smallest absolute Gasteiger partial charge is 0.273 e. The Labute approximate surface area is 143 Å². The lowest BCUT2D eigenvalue weighted by molar-refractivity contribution is -0.122. The van der Waals surface area contributed by atoms with Crippen molar-refractivity contribution in [2.75, 3.05) is 31.2 Å². The van der Waals surface area contributed by atoms with Crippen molar-refractivity contribution in [3.63, 3.8) is 0 Å². The minimum atomic E-state index is -0.226. The molecule has 1 N–H and O–H groups in total. The number of carbonyl (C=O) groups is 1.